The van der Waals surface area contributed by atoms with Crippen molar-refractivity contribution < 1.29 is 0 Å². The van der Waals surface area contributed by atoms with Crippen molar-refractivity contribution in [3.63, 3.8) is 0 Å². The van der Waals surface area contributed by atoms with E-state index in [1.54, 1.807) is 0 Å². The number of rotatable bonds is 1. The Balaban J connectivity index is 2.05. The summed E-state index contributed by atoms with van der Waals surface area (Å²) in [5.41, 5.74) is 5.83. The molecule has 0 spiro atoms. The van der Waals surface area contributed by atoms with Gasteiger partial charge < -0.3 is 10.6 Å². The summed E-state index contributed by atoms with van der Waals surface area (Å²) in [6.45, 7) is 1.94. The highest BCUT2D eigenvalue weighted by atomic mass is 31.0. The van der Waals surface area contributed by atoms with Gasteiger partial charge >= 0.3 is 0 Å². The van der Waals surface area contributed by atoms with E-state index in [0.717, 1.165) is 37.2 Å². The van der Waals surface area contributed by atoms with E-state index in [0.29, 0.717) is 6.04 Å². The quantitative estimate of drug-likeness (QED) is 0.658. The van der Waals surface area contributed by atoms with Gasteiger partial charge in [-0.05, 0) is 12.8 Å². The standard InChI is InChI=1S/C9H15N4P/c10-7-1-3-13(4-2-7)9-11-5-8(14)6-12-9/h5-7H,1-4,10,14H2. The van der Waals surface area contributed by atoms with Crippen LogP contribution >= 0.6 is 9.24 Å². The van der Waals surface area contributed by atoms with Crippen LogP contribution < -0.4 is 15.9 Å². The predicted octanol–water partition coefficient (Wildman–Crippen LogP) is -0.0955. The summed E-state index contributed by atoms with van der Waals surface area (Å²) < 4.78 is 0. The molecule has 1 fully saturated rings. The first-order valence-electron chi connectivity index (χ1n) is 4.84. The number of piperidine rings is 1. The molecule has 14 heavy (non-hydrogen) atoms. The molecule has 0 aliphatic carbocycles. The van der Waals surface area contributed by atoms with Crippen LogP contribution in [0.1, 0.15) is 12.8 Å². The van der Waals surface area contributed by atoms with Crippen molar-refractivity contribution in [3.05, 3.63) is 12.4 Å². The van der Waals surface area contributed by atoms with Crippen molar-refractivity contribution in [3.8, 4) is 0 Å². The third kappa shape index (κ3) is 2.20. The lowest BCUT2D eigenvalue weighted by atomic mass is 10.1. The first kappa shape index (κ1) is 9.81. The fraction of sp³-hybridized carbons (Fsp3) is 0.556. The number of nitrogens with two attached hydrogens (primary N) is 1. The lowest BCUT2D eigenvalue weighted by molar-refractivity contribution is 0.495. The molecule has 0 bridgehead atoms. The zero-order valence-electron chi connectivity index (χ0n) is 8.06. The molecule has 2 N–H and O–H groups in total. The number of hydrogen-bond acceptors (Lipinski definition) is 4. The van der Waals surface area contributed by atoms with Crippen molar-refractivity contribution in [2.45, 2.75) is 18.9 Å². The van der Waals surface area contributed by atoms with Gasteiger partial charge in [0, 0.05) is 36.8 Å². The molecule has 76 valence electrons. The first-order valence-corrected chi connectivity index (χ1v) is 5.41. The minimum Gasteiger partial charge on any atom is -0.341 e. The Morgan fingerprint density at radius 1 is 1.29 bits per heavy atom. The monoisotopic (exact) mass is 210 g/mol. The molecule has 1 unspecified atom stereocenters. The van der Waals surface area contributed by atoms with Crippen LogP contribution in [0.15, 0.2) is 12.4 Å². The molecule has 1 aromatic heterocycles. The summed E-state index contributed by atoms with van der Waals surface area (Å²) in [6.07, 6.45) is 5.71. The van der Waals surface area contributed by atoms with Gasteiger partial charge in [-0.25, -0.2) is 9.97 Å². The first-order chi connectivity index (χ1) is 6.75. The van der Waals surface area contributed by atoms with Gasteiger partial charge in [0.05, 0.1) is 0 Å². The molecule has 2 heterocycles. The molecular weight excluding hydrogens is 195 g/mol. The van der Waals surface area contributed by atoms with Crippen LogP contribution in [-0.2, 0) is 0 Å². The zero-order chi connectivity index (χ0) is 9.97. The van der Waals surface area contributed by atoms with E-state index in [1.165, 1.54) is 0 Å². The molecule has 0 radical (unpaired) electrons. The number of hydrogen-bond donors (Lipinski definition) is 1. The minimum atomic E-state index is 0.354. The summed E-state index contributed by atoms with van der Waals surface area (Å²) in [4.78, 5) is 10.7. The molecule has 0 amide bonds. The third-order valence-electron chi connectivity index (χ3n) is 2.48. The van der Waals surface area contributed by atoms with Gasteiger partial charge in [0.25, 0.3) is 0 Å². The second-order valence-corrected chi connectivity index (χ2v) is 4.31. The molecule has 1 aromatic rings. The van der Waals surface area contributed by atoms with Gasteiger partial charge in [0.1, 0.15) is 0 Å². The van der Waals surface area contributed by atoms with Crippen LogP contribution in [0.4, 0.5) is 5.95 Å². The molecular formula is C9H15N4P. The van der Waals surface area contributed by atoms with E-state index in [1.807, 2.05) is 12.4 Å². The Labute approximate surface area is 86.1 Å². The molecule has 1 aliphatic heterocycles. The Morgan fingerprint density at radius 2 is 1.86 bits per heavy atom. The average Bonchev–Trinajstić information content (AvgIpc) is 2.21. The highest BCUT2D eigenvalue weighted by Crippen LogP contribution is 2.13. The Morgan fingerprint density at radius 3 is 2.43 bits per heavy atom. The topological polar surface area (TPSA) is 55.0 Å². The third-order valence-corrected chi connectivity index (χ3v) is 2.78. The molecule has 5 heteroatoms. The lowest BCUT2D eigenvalue weighted by Gasteiger charge is -2.29. The fourth-order valence-electron chi connectivity index (χ4n) is 1.59. The second-order valence-electron chi connectivity index (χ2n) is 3.64. The van der Waals surface area contributed by atoms with Crippen LogP contribution in [0.25, 0.3) is 0 Å². The van der Waals surface area contributed by atoms with Gasteiger partial charge in [-0.1, -0.05) is 0 Å². The normalized spacial score (nSPS) is 18.6. The Bertz CT molecular complexity index is 292. The van der Waals surface area contributed by atoms with E-state index < -0.39 is 0 Å². The fourth-order valence-corrected chi connectivity index (χ4v) is 1.74. The summed E-state index contributed by atoms with van der Waals surface area (Å²) in [6, 6.07) is 0.354. The Hall–Kier alpha value is -0.730. The molecule has 0 saturated carbocycles. The molecule has 1 aliphatic rings. The van der Waals surface area contributed by atoms with Crippen LogP contribution in [0.3, 0.4) is 0 Å². The summed E-state index contributed by atoms with van der Waals surface area (Å²) in [5, 5.41) is 1.02. The van der Waals surface area contributed by atoms with E-state index in [4.69, 9.17) is 5.73 Å². The highest BCUT2D eigenvalue weighted by molar-refractivity contribution is 7.27. The van der Waals surface area contributed by atoms with Gasteiger partial charge in [-0.2, -0.15) is 0 Å². The predicted molar refractivity (Wildman–Crippen MR) is 60.8 cm³/mol. The zero-order valence-corrected chi connectivity index (χ0v) is 9.21. The van der Waals surface area contributed by atoms with Crippen LogP contribution in [0.5, 0.6) is 0 Å². The Kier molecular flexibility index (Phi) is 2.94. The van der Waals surface area contributed by atoms with Crippen LogP contribution in [-0.4, -0.2) is 29.1 Å². The van der Waals surface area contributed by atoms with E-state index in [9.17, 15) is 0 Å². The molecule has 0 aromatic carbocycles. The number of aromatic nitrogens is 2. The van der Waals surface area contributed by atoms with Gasteiger partial charge in [-0.15, -0.1) is 9.24 Å². The van der Waals surface area contributed by atoms with Crippen molar-refractivity contribution in [2.75, 3.05) is 18.0 Å². The van der Waals surface area contributed by atoms with E-state index >= 15 is 0 Å². The second kappa shape index (κ2) is 4.20. The SMILES string of the molecule is NC1CCN(c2ncc(P)cn2)CC1. The lowest BCUT2D eigenvalue weighted by Crippen LogP contribution is -2.40. The number of nitrogens with zero attached hydrogens (tertiary/aromatic N) is 3. The minimum absolute atomic E-state index is 0.354. The van der Waals surface area contributed by atoms with Gasteiger partial charge in [0.15, 0.2) is 0 Å². The summed E-state index contributed by atoms with van der Waals surface area (Å²) >= 11 is 0. The van der Waals surface area contributed by atoms with Crippen molar-refractivity contribution in [2.24, 2.45) is 5.73 Å². The largest absolute Gasteiger partial charge is 0.341 e. The molecule has 1 saturated heterocycles. The maximum atomic E-state index is 5.83. The van der Waals surface area contributed by atoms with Crippen molar-refractivity contribution >= 4 is 20.5 Å². The van der Waals surface area contributed by atoms with Crippen LogP contribution in [0, 0.1) is 0 Å². The average molecular weight is 210 g/mol. The van der Waals surface area contributed by atoms with Crippen LogP contribution in [0.2, 0.25) is 0 Å². The smallest absolute Gasteiger partial charge is 0.225 e. The molecule has 4 nitrogen and oxygen atoms in total. The van der Waals surface area contributed by atoms with Gasteiger partial charge in [0.2, 0.25) is 5.95 Å². The summed E-state index contributed by atoms with van der Waals surface area (Å²) in [7, 11) is 2.58. The maximum Gasteiger partial charge on any atom is 0.225 e. The van der Waals surface area contributed by atoms with Gasteiger partial charge in [-0.3, -0.25) is 0 Å². The highest BCUT2D eigenvalue weighted by Gasteiger charge is 2.17. The van der Waals surface area contributed by atoms with Crippen molar-refractivity contribution in [1.29, 1.82) is 0 Å². The maximum absolute atomic E-state index is 5.83. The van der Waals surface area contributed by atoms with E-state index in [-0.39, 0.29) is 0 Å². The molecule has 1 atom stereocenters. The number of anilines is 1. The molecule has 2 rings (SSSR count). The van der Waals surface area contributed by atoms with E-state index in [2.05, 4.69) is 24.1 Å². The van der Waals surface area contributed by atoms with Crippen molar-refractivity contribution in [1.82, 2.24) is 9.97 Å². The summed E-state index contributed by atoms with van der Waals surface area (Å²) in [5.74, 6) is 0.822.